The molecule has 116 valence electrons. The highest BCUT2D eigenvalue weighted by Gasteiger charge is 2.08. The molecule has 3 aromatic rings. The lowest BCUT2D eigenvalue weighted by Gasteiger charge is -2.08. The highest BCUT2D eigenvalue weighted by Crippen LogP contribution is 2.30. The summed E-state index contributed by atoms with van der Waals surface area (Å²) >= 11 is 0. The van der Waals surface area contributed by atoms with Crippen molar-refractivity contribution >= 4 is 23.2 Å². The van der Waals surface area contributed by atoms with E-state index < -0.39 is 0 Å². The van der Waals surface area contributed by atoms with Crippen LogP contribution in [0.15, 0.2) is 48.8 Å². The highest BCUT2D eigenvalue weighted by molar-refractivity contribution is 5.98. The van der Waals surface area contributed by atoms with Gasteiger partial charge in [0.15, 0.2) is 0 Å². The maximum Gasteiger partial charge on any atom is 0.0568 e. The molecule has 0 amide bonds. The molecule has 0 unspecified atom stereocenters. The van der Waals surface area contributed by atoms with Crippen LogP contribution in [0.2, 0.25) is 0 Å². The number of rotatable bonds is 5. The molecule has 0 bridgehead atoms. The van der Waals surface area contributed by atoms with Gasteiger partial charge in [0.05, 0.1) is 6.20 Å². The molecule has 4 heteroatoms. The lowest BCUT2D eigenvalue weighted by molar-refractivity contribution is 0.572. The predicted octanol–water partition coefficient (Wildman–Crippen LogP) is 4.38. The van der Waals surface area contributed by atoms with Crippen LogP contribution >= 0.6 is 12.4 Å². The first-order chi connectivity index (χ1) is 10.3. The number of aryl methyl sites for hydroxylation is 1. The van der Waals surface area contributed by atoms with Gasteiger partial charge in [-0.3, -0.25) is 4.68 Å². The molecule has 0 fully saturated rings. The Kier molecular flexibility index (Phi) is 5.58. The first-order valence-corrected chi connectivity index (χ1v) is 7.57. The third-order valence-electron chi connectivity index (χ3n) is 3.92. The zero-order valence-electron chi connectivity index (χ0n) is 12.8. The molecule has 3 nitrogen and oxygen atoms in total. The lowest BCUT2D eigenvalue weighted by atomic mass is 9.97. The Morgan fingerprint density at radius 3 is 2.59 bits per heavy atom. The molecule has 22 heavy (non-hydrogen) atoms. The van der Waals surface area contributed by atoms with Crippen LogP contribution in [-0.2, 0) is 13.1 Å². The quantitative estimate of drug-likeness (QED) is 0.759. The highest BCUT2D eigenvalue weighted by atomic mass is 35.5. The summed E-state index contributed by atoms with van der Waals surface area (Å²) in [6.45, 7) is 3.75. The van der Waals surface area contributed by atoms with E-state index in [9.17, 15) is 0 Å². The number of unbranched alkanes of at least 4 members (excludes halogenated alkanes) is 1. The summed E-state index contributed by atoms with van der Waals surface area (Å²) in [5.41, 5.74) is 9.43. The van der Waals surface area contributed by atoms with E-state index in [1.54, 1.807) is 0 Å². The van der Waals surface area contributed by atoms with Gasteiger partial charge in [0.25, 0.3) is 0 Å². The van der Waals surface area contributed by atoms with Crippen LogP contribution in [-0.4, -0.2) is 9.78 Å². The number of nitrogens with zero attached hydrogens (tertiary/aromatic N) is 2. The van der Waals surface area contributed by atoms with Gasteiger partial charge in [0.1, 0.15) is 0 Å². The number of hydrogen-bond donors (Lipinski definition) is 1. The molecular formula is C18H22ClN3. The van der Waals surface area contributed by atoms with E-state index in [0.29, 0.717) is 6.54 Å². The Hall–Kier alpha value is -1.84. The van der Waals surface area contributed by atoms with Crippen molar-refractivity contribution in [3.63, 3.8) is 0 Å². The zero-order chi connectivity index (χ0) is 14.7. The smallest absolute Gasteiger partial charge is 0.0568 e. The molecule has 0 saturated carbocycles. The lowest BCUT2D eigenvalue weighted by Crippen LogP contribution is -1.98. The minimum absolute atomic E-state index is 0. The van der Waals surface area contributed by atoms with Crippen molar-refractivity contribution in [3.05, 3.63) is 54.4 Å². The average Bonchev–Trinajstić information content (AvgIpc) is 3.00. The van der Waals surface area contributed by atoms with Crippen LogP contribution in [0.25, 0.3) is 21.9 Å². The van der Waals surface area contributed by atoms with Gasteiger partial charge in [-0.1, -0.05) is 49.7 Å². The molecule has 0 aliphatic carbocycles. The molecule has 0 radical (unpaired) electrons. The molecule has 1 aromatic heterocycles. The largest absolute Gasteiger partial charge is 0.326 e. The minimum atomic E-state index is 0. The van der Waals surface area contributed by atoms with Crippen molar-refractivity contribution in [1.82, 2.24) is 9.78 Å². The van der Waals surface area contributed by atoms with Crippen molar-refractivity contribution in [2.75, 3.05) is 0 Å². The number of aromatic nitrogens is 2. The van der Waals surface area contributed by atoms with Gasteiger partial charge < -0.3 is 5.73 Å². The Morgan fingerprint density at radius 1 is 1.09 bits per heavy atom. The van der Waals surface area contributed by atoms with E-state index in [1.807, 2.05) is 10.9 Å². The molecular weight excluding hydrogens is 294 g/mol. The van der Waals surface area contributed by atoms with Gasteiger partial charge in [-0.2, -0.15) is 5.10 Å². The number of halogens is 1. The fourth-order valence-electron chi connectivity index (χ4n) is 2.74. The Morgan fingerprint density at radius 2 is 1.86 bits per heavy atom. The Labute approximate surface area is 137 Å². The van der Waals surface area contributed by atoms with Gasteiger partial charge in [-0.15, -0.1) is 12.4 Å². The van der Waals surface area contributed by atoms with Crippen molar-refractivity contribution in [2.45, 2.75) is 32.9 Å². The van der Waals surface area contributed by atoms with Crippen LogP contribution in [0.1, 0.15) is 25.3 Å². The SMILES string of the molecule is CCCCn1cc(-c2ccc(CN)c3ccccc23)cn1.Cl. The van der Waals surface area contributed by atoms with Crippen LogP contribution in [0.4, 0.5) is 0 Å². The molecule has 0 atom stereocenters. The summed E-state index contributed by atoms with van der Waals surface area (Å²) in [6.07, 6.45) is 6.44. The summed E-state index contributed by atoms with van der Waals surface area (Å²) in [5.74, 6) is 0. The third-order valence-corrected chi connectivity index (χ3v) is 3.92. The molecule has 0 spiro atoms. The molecule has 0 aliphatic rings. The number of benzene rings is 2. The molecule has 0 aliphatic heterocycles. The van der Waals surface area contributed by atoms with Gasteiger partial charge in [0, 0.05) is 24.8 Å². The standard InChI is InChI=1S/C18H21N3.ClH/c1-2-3-10-21-13-15(12-20-21)17-9-8-14(11-19)16-6-4-5-7-18(16)17;/h4-9,12-13H,2-3,10-11,19H2,1H3;1H. The fourth-order valence-corrected chi connectivity index (χ4v) is 2.74. The Bertz CT molecular complexity index is 749. The van der Waals surface area contributed by atoms with E-state index in [2.05, 4.69) is 54.6 Å². The van der Waals surface area contributed by atoms with E-state index in [-0.39, 0.29) is 12.4 Å². The second-order valence-corrected chi connectivity index (χ2v) is 5.37. The second-order valence-electron chi connectivity index (χ2n) is 5.37. The molecule has 0 saturated heterocycles. The summed E-state index contributed by atoms with van der Waals surface area (Å²) in [7, 11) is 0. The van der Waals surface area contributed by atoms with E-state index in [0.717, 1.165) is 13.0 Å². The minimum Gasteiger partial charge on any atom is -0.326 e. The van der Waals surface area contributed by atoms with Crippen LogP contribution in [0, 0.1) is 0 Å². The van der Waals surface area contributed by atoms with E-state index in [4.69, 9.17) is 5.73 Å². The van der Waals surface area contributed by atoms with Crippen molar-refractivity contribution < 1.29 is 0 Å². The van der Waals surface area contributed by atoms with Crippen molar-refractivity contribution in [2.24, 2.45) is 5.73 Å². The first kappa shape index (κ1) is 16.5. The number of fused-ring (bicyclic) bond motifs is 1. The normalized spacial score (nSPS) is 10.6. The van der Waals surface area contributed by atoms with Gasteiger partial charge >= 0.3 is 0 Å². The van der Waals surface area contributed by atoms with Gasteiger partial charge in [-0.05, 0) is 28.3 Å². The average molecular weight is 316 g/mol. The third kappa shape index (κ3) is 3.16. The van der Waals surface area contributed by atoms with Crippen LogP contribution in [0.5, 0.6) is 0 Å². The monoisotopic (exact) mass is 315 g/mol. The molecule has 1 heterocycles. The maximum atomic E-state index is 5.85. The number of nitrogens with two attached hydrogens (primary N) is 1. The van der Waals surface area contributed by atoms with Crippen molar-refractivity contribution in [1.29, 1.82) is 0 Å². The zero-order valence-corrected chi connectivity index (χ0v) is 13.6. The van der Waals surface area contributed by atoms with E-state index in [1.165, 1.54) is 33.9 Å². The molecule has 3 rings (SSSR count). The number of hydrogen-bond acceptors (Lipinski definition) is 2. The van der Waals surface area contributed by atoms with E-state index >= 15 is 0 Å². The maximum absolute atomic E-state index is 5.85. The van der Waals surface area contributed by atoms with Gasteiger partial charge in [-0.25, -0.2) is 0 Å². The summed E-state index contributed by atoms with van der Waals surface area (Å²) in [6, 6.07) is 12.7. The molecule has 2 aromatic carbocycles. The van der Waals surface area contributed by atoms with Crippen LogP contribution < -0.4 is 5.73 Å². The predicted molar refractivity (Wildman–Crippen MR) is 95.2 cm³/mol. The Balaban J connectivity index is 0.00000176. The van der Waals surface area contributed by atoms with Crippen LogP contribution in [0.3, 0.4) is 0 Å². The molecule has 2 N–H and O–H groups in total. The van der Waals surface area contributed by atoms with Gasteiger partial charge in [0.2, 0.25) is 0 Å². The second kappa shape index (κ2) is 7.43. The fraction of sp³-hybridized carbons (Fsp3) is 0.278. The summed E-state index contributed by atoms with van der Waals surface area (Å²) < 4.78 is 2.03. The first-order valence-electron chi connectivity index (χ1n) is 7.57. The summed E-state index contributed by atoms with van der Waals surface area (Å²) in [5, 5.41) is 6.95. The summed E-state index contributed by atoms with van der Waals surface area (Å²) in [4.78, 5) is 0. The van der Waals surface area contributed by atoms with Crippen molar-refractivity contribution in [3.8, 4) is 11.1 Å². The topological polar surface area (TPSA) is 43.8 Å².